The predicted molar refractivity (Wildman–Crippen MR) is 41.9 cm³/mol. The third kappa shape index (κ3) is 1.83. The van der Waals surface area contributed by atoms with E-state index >= 15 is 0 Å². The summed E-state index contributed by atoms with van der Waals surface area (Å²) in [6, 6.07) is 1.10. The molecule has 1 heterocycles. The zero-order valence-corrected chi connectivity index (χ0v) is 7.35. The Labute approximate surface area is 71.6 Å². The van der Waals surface area contributed by atoms with E-state index in [1.165, 1.54) is 13.1 Å². The number of Topliss-reactive ketones (excluding diaryl/α,β-unsaturated/α-hetero) is 1. The van der Waals surface area contributed by atoms with Gasteiger partial charge in [0.2, 0.25) is 5.95 Å². The van der Waals surface area contributed by atoms with E-state index < -0.39 is 5.95 Å². The molecule has 1 aromatic rings. The lowest BCUT2D eigenvalue weighted by molar-refractivity contribution is 0.101. The molecule has 0 spiro atoms. The Morgan fingerprint density at radius 3 is 2.82 bits per heavy atom. The fourth-order valence-electron chi connectivity index (χ4n) is 0.683. The zero-order chi connectivity index (χ0) is 8.43. The Morgan fingerprint density at radius 1 is 1.73 bits per heavy atom. The van der Waals surface area contributed by atoms with Crippen molar-refractivity contribution in [1.82, 2.24) is 4.98 Å². The van der Waals surface area contributed by atoms with Gasteiger partial charge >= 0.3 is 0 Å². The Hall–Kier alpha value is -0.770. The summed E-state index contributed by atoms with van der Waals surface area (Å²) in [7, 11) is 0. The molecule has 11 heavy (non-hydrogen) atoms. The number of ketones is 1. The topological polar surface area (TPSA) is 30.0 Å². The van der Waals surface area contributed by atoms with Crippen molar-refractivity contribution in [3.8, 4) is 0 Å². The minimum absolute atomic E-state index is 0.182. The van der Waals surface area contributed by atoms with Gasteiger partial charge in [-0.2, -0.15) is 4.39 Å². The highest BCUT2D eigenvalue weighted by atomic mass is 79.9. The van der Waals surface area contributed by atoms with Gasteiger partial charge in [0.1, 0.15) is 0 Å². The van der Waals surface area contributed by atoms with Crippen LogP contribution in [0, 0.1) is 5.95 Å². The first kappa shape index (κ1) is 8.33. The number of hydrogen-bond donors (Lipinski definition) is 0. The predicted octanol–water partition coefficient (Wildman–Crippen LogP) is 2.19. The standard InChI is InChI=1S/C7H5BrFNO/c1-4(11)5-2-7(9)10-3-6(5)8/h2-3H,1H3. The minimum Gasteiger partial charge on any atom is -0.294 e. The van der Waals surface area contributed by atoms with Gasteiger partial charge in [0, 0.05) is 22.3 Å². The van der Waals surface area contributed by atoms with Crippen molar-refractivity contribution in [2.45, 2.75) is 6.92 Å². The second-order valence-electron chi connectivity index (χ2n) is 2.04. The van der Waals surface area contributed by atoms with E-state index in [1.54, 1.807) is 0 Å². The SMILES string of the molecule is CC(=O)c1cc(F)ncc1Br. The number of hydrogen-bond acceptors (Lipinski definition) is 2. The fraction of sp³-hybridized carbons (Fsp3) is 0.143. The first-order valence-electron chi connectivity index (χ1n) is 2.93. The van der Waals surface area contributed by atoms with Crippen molar-refractivity contribution in [3.05, 3.63) is 28.2 Å². The lowest BCUT2D eigenvalue weighted by atomic mass is 10.2. The van der Waals surface area contributed by atoms with Gasteiger partial charge in [0.15, 0.2) is 5.78 Å². The quantitative estimate of drug-likeness (QED) is 0.534. The van der Waals surface area contributed by atoms with E-state index in [9.17, 15) is 9.18 Å². The maximum absolute atomic E-state index is 12.4. The summed E-state index contributed by atoms with van der Waals surface area (Å²) < 4.78 is 12.9. The summed E-state index contributed by atoms with van der Waals surface area (Å²) >= 11 is 3.08. The molecule has 0 fully saturated rings. The van der Waals surface area contributed by atoms with Gasteiger partial charge in [-0.15, -0.1) is 0 Å². The van der Waals surface area contributed by atoms with Crippen LogP contribution in [0.4, 0.5) is 4.39 Å². The van der Waals surface area contributed by atoms with Crippen molar-refractivity contribution in [1.29, 1.82) is 0 Å². The molecule has 0 amide bonds. The van der Waals surface area contributed by atoms with Crippen molar-refractivity contribution >= 4 is 21.7 Å². The number of rotatable bonds is 1. The summed E-state index contributed by atoms with van der Waals surface area (Å²) in [5.74, 6) is -0.823. The Balaban J connectivity index is 3.23. The molecule has 2 nitrogen and oxygen atoms in total. The average Bonchev–Trinajstić information content (AvgIpc) is 1.94. The highest BCUT2D eigenvalue weighted by Crippen LogP contribution is 2.15. The van der Waals surface area contributed by atoms with E-state index in [2.05, 4.69) is 20.9 Å². The van der Waals surface area contributed by atoms with Crippen LogP contribution in [-0.4, -0.2) is 10.8 Å². The van der Waals surface area contributed by atoms with Crippen molar-refractivity contribution in [2.75, 3.05) is 0 Å². The maximum Gasteiger partial charge on any atom is 0.213 e. The molecule has 0 bridgehead atoms. The monoisotopic (exact) mass is 217 g/mol. The number of carbonyl (C=O) groups is 1. The van der Waals surface area contributed by atoms with E-state index in [0.29, 0.717) is 10.0 Å². The molecule has 4 heteroatoms. The van der Waals surface area contributed by atoms with Crippen LogP contribution in [-0.2, 0) is 0 Å². The maximum atomic E-state index is 12.4. The highest BCUT2D eigenvalue weighted by Gasteiger charge is 2.06. The lowest BCUT2D eigenvalue weighted by Gasteiger charge is -1.97. The molecule has 1 rings (SSSR count). The molecule has 58 valence electrons. The van der Waals surface area contributed by atoms with Crippen LogP contribution in [0.1, 0.15) is 17.3 Å². The molecule has 0 aliphatic rings. The molecule has 0 unspecified atom stereocenters. The number of aromatic nitrogens is 1. The van der Waals surface area contributed by atoms with Crippen LogP contribution in [0.25, 0.3) is 0 Å². The smallest absolute Gasteiger partial charge is 0.213 e. The van der Waals surface area contributed by atoms with E-state index in [0.717, 1.165) is 6.07 Å². The second kappa shape index (κ2) is 3.09. The Morgan fingerprint density at radius 2 is 2.36 bits per heavy atom. The first-order chi connectivity index (χ1) is 5.11. The molecule has 0 aliphatic heterocycles. The van der Waals surface area contributed by atoms with Gasteiger partial charge in [-0.25, -0.2) is 4.98 Å². The van der Waals surface area contributed by atoms with Gasteiger partial charge < -0.3 is 0 Å². The summed E-state index contributed by atoms with van der Waals surface area (Å²) in [6.45, 7) is 1.37. The molecule has 0 aliphatic carbocycles. The summed E-state index contributed by atoms with van der Waals surface area (Å²) in [4.78, 5) is 14.1. The van der Waals surface area contributed by atoms with Crippen LogP contribution in [0.15, 0.2) is 16.7 Å². The second-order valence-corrected chi connectivity index (χ2v) is 2.90. The van der Waals surface area contributed by atoms with E-state index in [4.69, 9.17) is 0 Å². The van der Waals surface area contributed by atoms with Gasteiger partial charge in [-0.05, 0) is 22.9 Å². The van der Waals surface area contributed by atoms with Crippen LogP contribution < -0.4 is 0 Å². The minimum atomic E-state index is -0.640. The molecule has 0 atom stereocenters. The summed E-state index contributed by atoms with van der Waals surface area (Å²) in [6.07, 6.45) is 1.27. The van der Waals surface area contributed by atoms with Crippen LogP contribution in [0.3, 0.4) is 0 Å². The first-order valence-corrected chi connectivity index (χ1v) is 3.72. The summed E-state index contributed by atoms with van der Waals surface area (Å²) in [5, 5.41) is 0. The molecule has 0 saturated carbocycles. The molecule has 0 aromatic carbocycles. The Bertz CT molecular complexity index is 300. The molecule has 0 saturated heterocycles. The molecular weight excluding hydrogens is 213 g/mol. The zero-order valence-electron chi connectivity index (χ0n) is 5.77. The highest BCUT2D eigenvalue weighted by molar-refractivity contribution is 9.10. The van der Waals surface area contributed by atoms with Crippen molar-refractivity contribution < 1.29 is 9.18 Å². The van der Waals surface area contributed by atoms with Crippen LogP contribution in [0.2, 0.25) is 0 Å². The van der Waals surface area contributed by atoms with E-state index in [-0.39, 0.29) is 5.78 Å². The number of halogens is 2. The van der Waals surface area contributed by atoms with Crippen LogP contribution in [0.5, 0.6) is 0 Å². The summed E-state index contributed by atoms with van der Waals surface area (Å²) in [5.41, 5.74) is 0.317. The van der Waals surface area contributed by atoms with Crippen LogP contribution >= 0.6 is 15.9 Å². The van der Waals surface area contributed by atoms with Gasteiger partial charge in [-0.3, -0.25) is 4.79 Å². The van der Waals surface area contributed by atoms with Gasteiger partial charge in [0.25, 0.3) is 0 Å². The molecule has 0 N–H and O–H groups in total. The molecular formula is C7H5BrFNO. The number of pyridine rings is 1. The van der Waals surface area contributed by atoms with E-state index in [1.807, 2.05) is 0 Å². The Kier molecular flexibility index (Phi) is 2.34. The van der Waals surface area contributed by atoms with Gasteiger partial charge in [0.05, 0.1) is 0 Å². The van der Waals surface area contributed by atoms with Gasteiger partial charge in [-0.1, -0.05) is 0 Å². The lowest BCUT2D eigenvalue weighted by Crippen LogP contribution is -1.96. The average molecular weight is 218 g/mol. The third-order valence-electron chi connectivity index (χ3n) is 1.20. The van der Waals surface area contributed by atoms with Crippen molar-refractivity contribution in [2.24, 2.45) is 0 Å². The number of nitrogens with zero attached hydrogens (tertiary/aromatic N) is 1. The normalized spacial score (nSPS) is 9.73. The van der Waals surface area contributed by atoms with Crippen molar-refractivity contribution in [3.63, 3.8) is 0 Å². The fourth-order valence-corrected chi connectivity index (χ4v) is 1.18. The molecule has 0 radical (unpaired) electrons. The third-order valence-corrected chi connectivity index (χ3v) is 1.83. The number of carbonyl (C=O) groups excluding carboxylic acids is 1. The largest absolute Gasteiger partial charge is 0.294 e. The molecule has 1 aromatic heterocycles.